The quantitative estimate of drug-likeness (QED) is 0.693. The first-order valence-corrected chi connectivity index (χ1v) is 6.10. The maximum Gasteiger partial charge on any atom is 0.253 e. The van der Waals surface area contributed by atoms with Crippen LogP contribution in [0.5, 0.6) is 0 Å². The molecule has 1 fully saturated rings. The number of nitrogen functional groups attached to an aromatic ring is 2. The van der Waals surface area contributed by atoms with E-state index in [1.54, 1.807) is 18.2 Å². The highest BCUT2D eigenvalue weighted by Gasteiger charge is 2.17. The summed E-state index contributed by atoms with van der Waals surface area (Å²) in [5, 5.41) is 2.90. The molecule has 17 heavy (non-hydrogen) atoms. The highest BCUT2D eigenvalue weighted by molar-refractivity contribution is 5.99. The zero-order valence-electron chi connectivity index (χ0n) is 9.91. The fraction of sp³-hybridized carbons (Fsp3) is 0.462. The smallest absolute Gasteiger partial charge is 0.253 e. The van der Waals surface area contributed by atoms with Gasteiger partial charge in [-0.1, -0.05) is 19.3 Å². The van der Waals surface area contributed by atoms with Crippen molar-refractivity contribution in [3.05, 3.63) is 23.8 Å². The number of nitrogens with two attached hydrogens (primary N) is 2. The molecular formula is C13H19N3O. The van der Waals surface area contributed by atoms with Crippen LogP contribution >= 0.6 is 0 Å². The van der Waals surface area contributed by atoms with Gasteiger partial charge in [-0.15, -0.1) is 0 Å². The lowest BCUT2D eigenvalue weighted by Crippen LogP contribution is -2.28. The van der Waals surface area contributed by atoms with Crippen molar-refractivity contribution in [1.82, 2.24) is 5.32 Å². The Morgan fingerprint density at radius 2 is 2.12 bits per heavy atom. The second kappa shape index (κ2) is 5.08. The maximum atomic E-state index is 11.8. The fourth-order valence-electron chi connectivity index (χ4n) is 2.05. The van der Waals surface area contributed by atoms with Gasteiger partial charge in [0.25, 0.3) is 5.91 Å². The molecule has 0 aliphatic heterocycles. The molecule has 1 amide bonds. The first-order valence-electron chi connectivity index (χ1n) is 6.10. The van der Waals surface area contributed by atoms with Crippen LogP contribution in [0, 0.1) is 5.92 Å². The molecule has 2 rings (SSSR count). The molecule has 0 unspecified atom stereocenters. The minimum atomic E-state index is -0.109. The van der Waals surface area contributed by atoms with E-state index in [1.165, 1.54) is 19.3 Å². The topological polar surface area (TPSA) is 81.1 Å². The summed E-state index contributed by atoms with van der Waals surface area (Å²) in [7, 11) is 0. The molecule has 0 atom stereocenters. The van der Waals surface area contributed by atoms with Crippen LogP contribution in [0.1, 0.15) is 36.0 Å². The van der Waals surface area contributed by atoms with Crippen molar-refractivity contribution in [2.75, 3.05) is 18.0 Å². The van der Waals surface area contributed by atoms with Crippen molar-refractivity contribution in [1.29, 1.82) is 0 Å². The van der Waals surface area contributed by atoms with Crippen LogP contribution in [0.4, 0.5) is 11.4 Å². The zero-order valence-corrected chi connectivity index (χ0v) is 9.91. The van der Waals surface area contributed by atoms with Gasteiger partial charge in [0.2, 0.25) is 0 Å². The SMILES string of the molecule is Nc1ccc(C(=O)NCCC2CCC2)c(N)c1. The average Bonchev–Trinajstić information content (AvgIpc) is 2.21. The molecule has 1 aromatic rings. The first kappa shape index (κ1) is 11.8. The van der Waals surface area contributed by atoms with E-state index < -0.39 is 0 Å². The zero-order chi connectivity index (χ0) is 12.3. The van der Waals surface area contributed by atoms with E-state index in [0.717, 1.165) is 18.9 Å². The molecular weight excluding hydrogens is 214 g/mol. The van der Waals surface area contributed by atoms with Crippen molar-refractivity contribution in [2.45, 2.75) is 25.7 Å². The van der Waals surface area contributed by atoms with E-state index in [4.69, 9.17) is 11.5 Å². The Kier molecular flexibility index (Phi) is 3.52. The van der Waals surface area contributed by atoms with Crippen LogP contribution in [0.15, 0.2) is 18.2 Å². The van der Waals surface area contributed by atoms with Gasteiger partial charge in [-0.25, -0.2) is 0 Å². The van der Waals surface area contributed by atoms with E-state index in [-0.39, 0.29) is 5.91 Å². The monoisotopic (exact) mass is 233 g/mol. The Morgan fingerprint density at radius 3 is 2.71 bits per heavy atom. The molecule has 0 saturated heterocycles. The molecule has 5 N–H and O–H groups in total. The van der Waals surface area contributed by atoms with E-state index >= 15 is 0 Å². The Balaban J connectivity index is 1.85. The minimum absolute atomic E-state index is 0.109. The molecule has 0 aromatic heterocycles. The summed E-state index contributed by atoms with van der Waals surface area (Å²) >= 11 is 0. The van der Waals surface area contributed by atoms with E-state index in [2.05, 4.69) is 5.32 Å². The number of rotatable bonds is 4. The summed E-state index contributed by atoms with van der Waals surface area (Å²) < 4.78 is 0. The number of benzene rings is 1. The van der Waals surface area contributed by atoms with Gasteiger partial charge in [-0.05, 0) is 30.5 Å². The highest BCUT2D eigenvalue weighted by atomic mass is 16.1. The van der Waals surface area contributed by atoms with Gasteiger partial charge in [0, 0.05) is 17.9 Å². The molecule has 0 spiro atoms. The van der Waals surface area contributed by atoms with Gasteiger partial charge < -0.3 is 16.8 Å². The summed E-state index contributed by atoms with van der Waals surface area (Å²) in [6, 6.07) is 4.97. The molecule has 0 heterocycles. The number of hydrogen-bond donors (Lipinski definition) is 3. The third kappa shape index (κ3) is 2.90. The van der Waals surface area contributed by atoms with Gasteiger partial charge in [0.05, 0.1) is 5.56 Å². The molecule has 1 saturated carbocycles. The lowest BCUT2D eigenvalue weighted by Gasteiger charge is -2.25. The van der Waals surface area contributed by atoms with Crippen LogP contribution in [-0.4, -0.2) is 12.5 Å². The van der Waals surface area contributed by atoms with E-state index in [9.17, 15) is 4.79 Å². The molecule has 4 nitrogen and oxygen atoms in total. The largest absolute Gasteiger partial charge is 0.399 e. The van der Waals surface area contributed by atoms with E-state index in [0.29, 0.717) is 16.9 Å². The standard InChI is InChI=1S/C13H19N3O/c14-10-4-5-11(12(15)8-10)13(17)16-7-6-9-2-1-3-9/h4-5,8-9H,1-3,6-7,14-15H2,(H,16,17). The van der Waals surface area contributed by atoms with Gasteiger partial charge in [0.15, 0.2) is 0 Å². The predicted octanol–water partition coefficient (Wildman–Crippen LogP) is 1.77. The normalized spacial score (nSPS) is 15.3. The van der Waals surface area contributed by atoms with Crippen LogP contribution in [0.25, 0.3) is 0 Å². The molecule has 1 aliphatic rings. The number of anilines is 2. The highest BCUT2D eigenvalue weighted by Crippen LogP contribution is 2.28. The third-order valence-electron chi connectivity index (χ3n) is 3.38. The molecule has 1 aliphatic carbocycles. The van der Waals surface area contributed by atoms with Crippen LogP contribution in [-0.2, 0) is 0 Å². The second-order valence-electron chi connectivity index (χ2n) is 4.69. The minimum Gasteiger partial charge on any atom is -0.399 e. The number of carbonyl (C=O) groups excluding carboxylic acids is 1. The molecule has 1 aromatic carbocycles. The summed E-state index contributed by atoms with van der Waals surface area (Å²) in [6.07, 6.45) is 5.02. The fourth-order valence-corrected chi connectivity index (χ4v) is 2.05. The molecule has 4 heteroatoms. The van der Waals surface area contributed by atoms with Gasteiger partial charge in [0.1, 0.15) is 0 Å². The number of amides is 1. The molecule has 92 valence electrons. The first-order chi connectivity index (χ1) is 8.16. The Bertz CT molecular complexity index is 413. The molecule has 0 radical (unpaired) electrons. The average molecular weight is 233 g/mol. The molecule has 0 bridgehead atoms. The number of hydrogen-bond acceptors (Lipinski definition) is 3. The van der Waals surface area contributed by atoms with Crippen molar-refractivity contribution in [3.63, 3.8) is 0 Å². The van der Waals surface area contributed by atoms with Gasteiger partial charge in [-0.3, -0.25) is 4.79 Å². The Hall–Kier alpha value is -1.71. The van der Waals surface area contributed by atoms with Crippen molar-refractivity contribution in [3.8, 4) is 0 Å². The van der Waals surface area contributed by atoms with Crippen LogP contribution in [0.2, 0.25) is 0 Å². The van der Waals surface area contributed by atoms with Crippen molar-refractivity contribution >= 4 is 17.3 Å². The Labute approximate surface area is 101 Å². The van der Waals surface area contributed by atoms with Crippen LogP contribution in [0.3, 0.4) is 0 Å². The second-order valence-corrected chi connectivity index (χ2v) is 4.69. The lowest BCUT2D eigenvalue weighted by atomic mass is 9.83. The predicted molar refractivity (Wildman–Crippen MR) is 69.6 cm³/mol. The number of carbonyl (C=O) groups is 1. The van der Waals surface area contributed by atoms with Crippen molar-refractivity contribution < 1.29 is 4.79 Å². The summed E-state index contributed by atoms with van der Waals surface area (Å²) in [5.41, 5.74) is 12.9. The Morgan fingerprint density at radius 1 is 1.35 bits per heavy atom. The summed E-state index contributed by atoms with van der Waals surface area (Å²) in [5.74, 6) is 0.695. The maximum absolute atomic E-state index is 11.8. The van der Waals surface area contributed by atoms with Crippen LogP contribution < -0.4 is 16.8 Å². The van der Waals surface area contributed by atoms with E-state index in [1.807, 2.05) is 0 Å². The summed E-state index contributed by atoms with van der Waals surface area (Å²) in [6.45, 7) is 0.729. The lowest BCUT2D eigenvalue weighted by molar-refractivity contribution is 0.0950. The number of nitrogens with one attached hydrogen (secondary N) is 1. The van der Waals surface area contributed by atoms with Gasteiger partial charge >= 0.3 is 0 Å². The third-order valence-corrected chi connectivity index (χ3v) is 3.38. The van der Waals surface area contributed by atoms with Gasteiger partial charge in [-0.2, -0.15) is 0 Å². The van der Waals surface area contributed by atoms with Crippen molar-refractivity contribution in [2.24, 2.45) is 5.92 Å². The summed E-state index contributed by atoms with van der Waals surface area (Å²) in [4.78, 5) is 11.8.